The number of aromatic nitrogens is 1. The van der Waals surface area contributed by atoms with Crippen LogP contribution in [0.3, 0.4) is 0 Å². The van der Waals surface area contributed by atoms with Crippen LogP contribution < -0.4 is 9.47 Å². The monoisotopic (exact) mass is 249 g/mol. The van der Waals surface area contributed by atoms with Crippen molar-refractivity contribution in [1.82, 2.24) is 0 Å². The van der Waals surface area contributed by atoms with Gasteiger partial charge in [0.25, 0.3) is 0 Å². The molecular formula is C13H12ClNO2. The van der Waals surface area contributed by atoms with Crippen molar-refractivity contribution < 1.29 is 9.47 Å². The van der Waals surface area contributed by atoms with E-state index in [1.54, 1.807) is 13.2 Å². The highest BCUT2D eigenvalue weighted by Crippen LogP contribution is 2.19. The summed E-state index contributed by atoms with van der Waals surface area (Å²) in [7, 11) is 1.63. The van der Waals surface area contributed by atoms with Gasteiger partial charge in [0.15, 0.2) is 12.4 Å². The topological polar surface area (TPSA) is 36.2 Å². The summed E-state index contributed by atoms with van der Waals surface area (Å²) in [5, 5.41) is 11.8. The first-order chi connectivity index (χ1) is 8.19. The summed E-state index contributed by atoms with van der Waals surface area (Å²) in [4.78, 5) is 0. The van der Waals surface area contributed by atoms with E-state index in [1.165, 1.54) is 12.4 Å². The Hall–Kier alpha value is -1.74. The van der Waals surface area contributed by atoms with Gasteiger partial charge in [-0.3, -0.25) is 0 Å². The van der Waals surface area contributed by atoms with Gasteiger partial charge in [-0.25, -0.2) is 0 Å². The Bertz CT molecular complexity index is 511. The van der Waals surface area contributed by atoms with Crippen LogP contribution in [0.25, 0.3) is 0 Å². The molecule has 0 saturated carbocycles. The molecule has 88 valence electrons. The van der Waals surface area contributed by atoms with Gasteiger partial charge >= 0.3 is 0 Å². The van der Waals surface area contributed by atoms with Gasteiger partial charge in [-0.15, -0.1) is 0 Å². The normalized spacial score (nSPS) is 10.2. The first-order valence-electron chi connectivity index (χ1n) is 5.19. The van der Waals surface area contributed by atoms with Crippen LogP contribution in [0.4, 0.5) is 0 Å². The van der Waals surface area contributed by atoms with Gasteiger partial charge < -0.3 is 9.94 Å². The molecule has 0 saturated heterocycles. The van der Waals surface area contributed by atoms with E-state index < -0.39 is 0 Å². The maximum Gasteiger partial charge on any atom is 0.185 e. The van der Waals surface area contributed by atoms with Crippen LogP contribution in [0.1, 0.15) is 11.1 Å². The Kier molecular flexibility index (Phi) is 3.49. The van der Waals surface area contributed by atoms with E-state index in [4.69, 9.17) is 16.3 Å². The van der Waals surface area contributed by atoms with Gasteiger partial charge in [0, 0.05) is 18.1 Å². The van der Waals surface area contributed by atoms with Crippen LogP contribution in [0, 0.1) is 5.21 Å². The first kappa shape index (κ1) is 11.7. The number of rotatable bonds is 3. The number of benzene rings is 1. The van der Waals surface area contributed by atoms with Crippen molar-refractivity contribution in [1.29, 1.82) is 0 Å². The third-order valence-corrected chi connectivity index (χ3v) is 2.88. The second-order valence-electron chi connectivity index (χ2n) is 3.70. The molecule has 0 unspecified atom stereocenters. The fourth-order valence-electron chi connectivity index (χ4n) is 1.60. The Balaban J connectivity index is 2.22. The van der Waals surface area contributed by atoms with E-state index >= 15 is 0 Å². The molecule has 1 heterocycles. The maximum atomic E-state index is 11.2. The third-order valence-electron chi connectivity index (χ3n) is 2.51. The number of nitrogens with zero attached hydrogens (tertiary/aromatic N) is 1. The summed E-state index contributed by atoms with van der Waals surface area (Å²) in [6.45, 7) is 0. The maximum absolute atomic E-state index is 11.2. The molecule has 0 atom stereocenters. The Morgan fingerprint density at radius 1 is 1.24 bits per heavy atom. The first-order valence-corrected chi connectivity index (χ1v) is 5.57. The van der Waals surface area contributed by atoms with E-state index in [0.29, 0.717) is 11.4 Å². The second-order valence-corrected chi connectivity index (χ2v) is 4.11. The lowest BCUT2D eigenvalue weighted by molar-refractivity contribution is -0.605. The number of hydrogen-bond donors (Lipinski definition) is 0. The van der Waals surface area contributed by atoms with Crippen molar-refractivity contribution in [2.45, 2.75) is 6.42 Å². The van der Waals surface area contributed by atoms with Gasteiger partial charge in [-0.2, -0.15) is 4.73 Å². The predicted octanol–water partition coefficient (Wildman–Crippen LogP) is 2.57. The minimum atomic E-state index is 0.605. The smallest absolute Gasteiger partial charge is 0.185 e. The van der Waals surface area contributed by atoms with Crippen LogP contribution in [0.2, 0.25) is 5.02 Å². The van der Waals surface area contributed by atoms with Crippen LogP contribution in [-0.2, 0) is 6.42 Å². The van der Waals surface area contributed by atoms with Crippen LogP contribution >= 0.6 is 11.6 Å². The summed E-state index contributed by atoms with van der Waals surface area (Å²) >= 11 is 6.03. The molecule has 0 radical (unpaired) electrons. The SMILES string of the molecule is COc1ccc(Cc2c[n+]([O-])ccc2Cl)cc1. The van der Waals surface area contributed by atoms with E-state index in [1.807, 2.05) is 24.3 Å². The van der Waals surface area contributed by atoms with Crippen molar-refractivity contribution >= 4 is 11.6 Å². The fourth-order valence-corrected chi connectivity index (χ4v) is 1.77. The lowest BCUT2D eigenvalue weighted by Gasteiger charge is -2.05. The summed E-state index contributed by atoms with van der Waals surface area (Å²) in [6.07, 6.45) is 3.51. The molecule has 0 fully saturated rings. The van der Waals surface area contributed by atoms with Gasteiger partial charge in [-0.05, 0) is 17.7 Å². The molecule has 0 N–H and O–H groups in total. The number of halogens is 1. The number of pyridine rings is 1. The van der Waals surface area contributed by atoms with Crippen LogP contribution in [-0.4, -0.2) is 7.11 Å². The second kappa shape index (κ2) is 5.06. The summed E-state index contributed by atoms with van der Waals surface area (Å²) in [5.41, 5.74) is 1.90. The molecule has 0 aliphatic rings. The summed E-state index contributed by atoms with van der Waals surface area (Å²) < 4.78 is 5.84. The Morgan fingerprint density at radius 3 is 2.59 bits per heavy atom. The Labute approximate surface area is 105 Å². The highest BCUT2D eigenvalue weighted by molar-refractivity contribution is 6.31. The minimum Gasteiger partial charge on any atom is -0.619 e. The summed E-state index contributed by atoms with van der Waals surface area (Å²) in [6, 6.07) is 9.29. The molecule has 0 aliphatic carbocycles. The third kappa shape index (κ3) is 2.88. The highest BCUT2D eigenvalue weighted by Gasteiger charge is 2.06. The van der Waals surface area contributed by atoms with Gasteiger partial charge in [0.2, 0.25) is 0 Å². The van der Waals surface area contributed by atoms with E-state index in [9.17, 15) is 5.21 Å². The quantitative estimate of drug-likeness (QED) is 0.619. The zero-order valence-corrected chi connectivity index (χ0v) is 10.1. The molecule has 4 heteroatoms. The van der Waals surface area contributed by atoms with Crippen molar-refractivity contribution in [2.24, 2.45) is 0 Å². The zero-order chi connectivity index (χ0) is 12.3. The predicted molar refractivity (Wildman–Crippen MR) is 66.2 cm³/mol. The molecule has 3 nitrogen and oxygen atoms in total. The standard InChI is InChI=1S/C13H12ClNO2/c1-17-12-4-2-10(3-5-12)8-11-9-15(16)7-6-13(11)14/h2-7,9H,8H2,1H3. The Morgan fingerprint density at radius 2 is 1.94 bits per heavy atom. The minimum absolute atomic E-state index is 0.605. The molecular weight excluding hydrogens is 238 g/mol. The van der Waals surface area contributed by atoms with Crippen molar-refractivity contribution in [2.75, 3.05) is 7.11 Å². The van der Waals surface area contributed by atoms with Crippen molar-refractivity contribution in [3.63, 3.8) is 0 Å². The lowest BCUT2D eigenvalue weighted by atomic mass is 10.1. The van der Waals surface area contributed by atoms with Gasteiger partial charge in [0.05, 0.1) is 12.1 Å². The van der Waals surface area contributed by atoms with E-state index in [0.717, 1.165) is 21.6 Å². The molecule has 1 aromatic heterocycles. The number of ether oxygens (including phenoxy) is 1. The number of methoxy groups -OCH3 is 1. The van der Waals surface area contributed by atoms with Crippen LogP contribution in [0.5, 0.6) is 5.75 Å². The average molecular weight is 250 g/mol. The molecule has 0 aliphatic heterocycles. The molecule has 0 spiro atoms. The van der Waals surface area contributed by atoms with Gasteiger partial charge in [-0.1, -0.05) is 23.7 Å². The van der Waals surface area contributed by atoms with Crippen molar-refractivity contribution in [3.8, 4) is 5.75 Å². The molecule has 0 bridgehead atoms. The fraction of sp³-hybridized carbons (Fsp3) is 0.154. The lowest BCUT2D eigenvalue weighted by Crippen LogP contribution is -2.25. The van der Waals surface area contributed by atoms with E-state index in [-0.39, 0.29) is 0 Å². The molecule has 1 aromatic carbocycles. The van der Waals surface area contributed by atoms with Crippen molar-refractivity contribution in [3.05, 3.63) is 64.1 Å². The largest absolute Gasteiger partial charge is 0.619 e. The molecule has 2 aromatic rings. The van der Waals surface area contributed by atoms with E-state index in [2.05, 4.69) is 0 Å². The van der Waals surface area contributed by atoms with Gasteiger partial charge in [0.1, 0.15) is 5.75 Å². The summed E-state index contributed by atoms with van der Waals surface area (Å²) in [5.74, 6) is 0.812. The molecule has 17 heavy (non-hydrogen) atoms. The zero-order valence-electron chi connectivity index (χ0n) is 9.39. The average Bonchev–Trinajstić information content (AvgIpc) is 2.35. The van der Waals surface area contributed by atoms with Crippen LogP contribution in [0.15, 0.2) is 42.7 Å². The number of hydrogen-bond acceptors (Lipinski definition) is 2. The highest BCUT2D eigenvalue weighted by atomic mass is 35.5. The molecule has 2 rings (SSSR count). The molecule has 0 amide bonds.